The number of hydrogen-bond donors (Lipinski definition) is 0. The first-order valence-electron chi connectivity index (χ1n) is 5.82. The molecule has 0 aromatic heterocycles. The van der Waals surface area contributed by atoms with Crippen LogP contribution < -0.4 is 0 Å². The van der Waals surface area contributed by atoms with E-state index in [1.807, 2.05) is 19.1 Å². The summed E-state index contributed by atoms with van der Waals surface area (Å²) in [5.41, 5.74) is 1.84. The van der Waals surface area contributed by atoms with Crippen molar-refractivity contribution in [2.75, 3.05) is 11.9 Å². The minimum atomic E-state index is -3.67. The van der Waals surface area contributed by atoms with Gasteiger partial charge in [-0.1, -0.05) is 57.9 Å². The Bertz CT molecular complexity index is 545. The minimum absolute atomic E-state index is 0.0989. The Kier molecular flexibility index (Phi) is 6.48. The first kappa shape index (κ1) is 16.1. The first-order valence-corrected chi connectivity index (χ1v) is 8.35. The Balaban J connectivity index is 2.54. The molecule has 0 radical (unpaired) electrons. The highest BCUT2D eigenvalue weighted by Gasteiger charge is 2.14. The normalized spacial score (nSPS) is 11.9. The summed E-state index contributed by atoms with van der Waals surface area (Å²) in [4.78, 5) is 0.180. The van der Waals surface area contributed by atoms with Gasteiger partial charge >= 0.3 is 0 Å². The zero-order valence-electron chi connectivity index (χ0n) is 10.8. The molecule has 104 valence electrons. The van der Waals surface area contributed by atoms with Gasteiger partial charge < -0.3 is 0 Å². The molecule has 0 aliphatic heterocycles. The van der Waals surface area contributed by atoms with E-state index < -0.39 is 10.1 Å². The van der Waals surface area contributed by atoms with Crippen molar-refractivity contribution in [3.05, 3.63) is 54.1 Å². The van der Waals surface area contributed by atoms with E-state index in [0.717, 1.165) is 16.5 Å². The van der Waals surface area contributed by atoms with E-state index in [2.05, 4.69) is 22.5 Å². The zero-order chi connectivity index (χ0) is 14.3. The lowest BCUT2D eigenvalue weighted by Crippen LogP contribution is -2.07. The lowest BCUT2D eigenvalue weighted by Gasteiger charge is -2.06. The van der Waals surface area contributed by atoms with Gasteiger partial charge in [-0.3, -0.25) is 4.18 Å². The molecular formula is C14H17BrO3S. The lowest BCUT2D eigenvalue weighted by molar-refractivity contribution is 0.323. The van der Waals surface area contributed by atoms with Gasteiger partial charge in [-0.05, 0) is 25.5 Å². The topological polar surface area (TPSA) is 43.4 Å². The molecule has 3 nitrogen and oxygen atoms in total. The van der Waals surface area contributed by atoms with E-state index in [1.165, 1.54) is 0 Å². The SMILES string of the molecule is C=C(/C=C/CBr)CCOS(=O)(=O)c1ccc(C)cc1. The van der Waals surface area contributed by atoms with Gasteiger partial charge in [0.25, 0.3) is 10.1 Å². The molecule has 0 saturated carbocycles. The number of aryl methyl sites for hydroxylation is 1. The molecule has 1 aromatic carbocycles. The van der Waals surface area contributed by atoms with Crippen LogP contribution in [0.25, 0.3) is 0 Å². The van der Waals surface area contributed by atoms with Gasteiger partial charge in [-0.2, -0.15) is 8.42 Å². The summed E-state index contributed by atoms with van der Waals surface area (Å²) in [6.45, 7) is 5.81. The predicted molar refractivity (Wildman–Crippen MR) is 81.0 cm³/mol. The fourth-order valence-electron chi connectivity index (χ4n) is 1.35. The average molecular weight is 345 g/mol. The molecule has 0 atom stereocenters. The highest BCUT2D eigenvalue weighted by molar-refractivity contribution is 9.09. The molecule has 0 aliphatic rings. The maximum atomic E-state index is 11.9. The van der Waals surface area contributed by atoms with Crippen LogP contribution in [-0.2, 0) is 14.3 Å². The number of allylic oxidation sites excluding steroid dienone is 2. The highest BCUT2D eigenvalue weighted by atomic mass is 79.9. The van der Waals surface area contributed by atoms with Crippen LogP contribution >= 0.6 is 15.9 Å². The zero-order valence-corrected chi connectivity index (χ0v) is 13.2. The number of hydrogen-bond acceptors (Lipinski definition) is 3. The van der Waals surface area contributed by atoms with Crippen LogP contribution in [0, 0.1) is 6.92 Å². The van der Waals surface area contributed by atoms with Crippen LogP contribution in [0.5, 0.6) is 0 Å². The van der Waals surface area contributed by atoms with Crippen molar-refractivity contribution in [3.8, 4) is 0 Å². The van der Waals surface area contributed by atoms with Gasteiger partial charge in [0.1, 0.15) is 0 Å². The van der Waals surface area contributed by atoms with Crippen LogP contribution in [0.2, 0.25) is 0 Å². The molecule has 0 saturated heterocycles. The summed E-state index contributed by atoms with van der Waals surface area (Å²) in [6.07, 6.45) is 4.22. The van der Waals surface area contributed by atoms with Crippen LogP contribution in [0.1, 0.15) is 12.0 Å². The van der Waals surface area contributed by atoms with Crippen molar-refractivity contribution in [2.24, 2.45) is 0 Å². The second-order valence-corrected chi connectivity index (χ2v) is 6.32. The van der Waals surface area contributed by atoms with Crippen molar-refractivity contribution in [1.82, 2.24) is 0 Å². The van der Waals surface area contributed by atoms with Gasteiger partial charge in [-0.25, -0.2) is 0 Å². The molecule has 19 heavy (non-hydrogen) atoms. The molecule has 0 bridgehead atoms. The van der Waals surface area contributed by atoms with Gasteiger partial charge in [0.15, 0.2) is 0 Å². The highest BCUT2D eigenvalue weighted by Crippen LogP contribution is 2.14. The van der Waals surface area contributed by atoms with E-state index >= 15 is 0 Å². The molecule has 0 unspecified atom stereocenters. The van der Waals surface area contributed by atoms with Gasteiger partial charge in [-0.15, -0.1) is 0 Å². The minimum Gasteiger partial charge on any atom is -0.266 e. The molecule has 0 amide bonds. The van der Waals surface area contributed by atoms with Crippen molar-refractivity contribution in [3.63, 3.8) is 0 Å². The molecule has 0 N–H and O–H groups in total. The Morgan fingerprint density at radius 1 is 1.37 bits per heavy atom. The molecule has 0 heterocycles. The van der Waals surface area contributed by atoms with E-state index in [4.69, 9.17) is 4.18 Å². The average Bonchev–Trinajstić information content (AvgIpc) is 2.36. The maximum absolute atomic E-state index is 11.9. The maximum Gasteiger partial charge on any atom is 0.296 e. The summed E-state index contributed by atoms with van der Waals surface area (Å²) in [5.74, 6) is 0. The Morgan fingerprint density at radius 2 is 2.00 bits per heavy atom. The second-order valence-electron chi connectivity index (χ2n) is 4.05. The standard InChI is InChI=1S/C14H17BrO3S/c1-12(4-3-10-15)9-11-18-19(16,17)14-7-5-13(2)6-8-14/h3-8H,1,9-11H2,2H3/b4-3+. The summed E-state index contributed by atoms with van der Waals surface area (Å²) in [6, 6.07) is 6.58. The molecule has 0 fully saturated rings. The largest absolute Gasteiger partial charge is 0.296 e. The van der Waals surface area contributed by atoms with Crippen LogP contribution in [-0.4, -0.2) is 20.4 Å². The second kappa shape index (κ2) is 7.62. The van der Waals surface area contributed by atoms with E-state index in [1.54, 1.807) is 24.3 Å². The fourth-order valence-corrected chi connectivity index (χ4v) is 2.45. The van der Waals surface area contributed by atoms with Gasteiger partial charge in [0.2, 0.25) is 0 Å². The monoisotopic (exact) mass is 344 g/mol. The fraction of sp³-hybridized carbons (Fsp3) is 0.286. The smallest absolute Gasteiger partial charge is 0.266 e. The summed E-state index contributed by atoms with van der Waals surface area (Å²) < 4.78 is 28.7. The van der Waals surface area contributed by atoms with Crippen LogP contribution in [0.4, 0.5) is 0 Å². The lowest BCUT2D eigenvalue weighted by atomic mass is 10.2. The Labute approximate surface area is 123 Å². The number of halogens is 1. The van der Waals surface area contributed by atoms with Gasteiger partial charge in [0.05, 0.1) is 11.5 Å². The van der Waals surface area contributed by atoms with Crippen molar-refractivity contribution < 1.29 is 12.6 Å². The van der Waals surface area contributed by atoms with Crippen molar-refractivity contribution >= 4 is 26.0 Å². The van der Waals surface area contributed by atoms with E-state index in [9.17, 15) is 8.42 Å². The molecule has 0 aliphatic carbocycles. The van der Waals surface area contributed by atoms with Gasteiger partial charge in [0, 0.05) is 5.33 Å². The Morgan fingerprint density at radius 3 is 2.58 bits per heavy atom. The van der Waals surface area contributed by atoms with Crippen molar-refractivity contribution in [1.29, 1.82) is 0 Å². The number of alkyl halides is 1. The van der Waals surface area contributed by atoms with Crippen molar-refractivity contribution in [2.45, 2.75) is 18.2 Å². The van der Waals surface area contributed by atoms with Crippen LogP contribution in [0.3, 0.4) is 0 Å². The quantitative estimate of drug-likeness (QED) is 0.431. The first-order chi connectivity index (χ1) is 8.95. The summed E-state index contributed by atoms with van der Waals surface area (Å²) in [7, 11) is -3.67. The number of benzene rings is 1. The number of rotatable bonds is 7. The van der Waals surface area contributed by atoms with Crippen LogP contribution in [0.15, 0.2) is 53.5 Å². The third-order valence-corrected chi connectivity index (χ3v) is 4.11. The van der Waals surface area contributed by atoms with E-state index in [-0.39, 0.29) is 11.5 Å². The molecular weight excluding hydrogens is 328 g/mol. The Hall–Kier alpha value is -0.910. The molecule has 0 spiro atoms. The third kappa shape index (κ3) is 5.72. The molecule has 1 rings (SSSR count). The summed E-state index contributed by atoms with van der Waals surface area (Å²) in [5, 5.41) is 0.745. The predicted octanol–water partition coefficient (Wildman–Crippen LogP) is 3.60. The summed E-state index contributed by atoms with van der Waals surface area (Å²) >= 11 is 3.26. The third-order valence-electron chi connectivity index (χ3n) is 2.41. The molecule has 5 heteroatoms. The molecule has 1 aromatic rings. The van der Waals surface area contributed by atoms with E-state index in [0.29, 0.717) is 6.42 Å².